The molecular formula is C15H15N3O. The molecule has 1 heterocycles. The van der Waals surface area contributed by atoms with Gasteiger partial charge in [-0.05, 0) is 12.1 Å². The normalized spacial score (nSPS) is 9.84. The van der Waals surface area contributed by atoms with Crippen molar-refractivity contribution >= 4 is 0 Å². The Morgan fingerprint density at radius 3 is 2.89 bits per heavy atom. The van der Waals surface area contributed by atoms with Gasteiger partial charge in [-0.15, -0.1) is 6.42 Å². The maximum absolute atomic E-state index is 5.49. The third-order valence-corrected chi connectivity index (χ3v) is 2.55. The lowest BCUT2D eigenvalue weighted by Crippen LogP contribution is -2.14. The van der Waals surface area contributed by atoms with Crippen molar-refractivity contribution in [1.29, 1.82) is 0 Å². The van der Waals surface area contributed by atoms with E-state index in [1.165, 1.54) is 0 Å². The first kappa shape index (κ1) is 13.1. The molecule has 0 radical (unpaired) electrons. The lowest BCUT2D eigenvalue weighted by molar-refractivity contribution is 0.364. The van der Waals surface area contributed by atoms with Crippen LogP contribution in [-0.4, -0.2) is 16.6 Å². The van der Waals surface area contributed by atoms with E-state index in [1.807, 2.05) is 30.3 Å². The van der Waals surface area contributed by atoms with E-state index in [4.69, 9.17) is 11.2 Å². The molecule has 0 amide bonds. The number of rotatable bonds is 6. The van der Waals surface area contributed by atoms with Gasteiger partial charge in [0, 0.05) is 24.8 Å². The van der Waals surface area contributed by atoms with Crippen LogP contribution in [0.2, 0.25) is 0 Å². The quantitative estimate of drug-likeness (QED) is 0.797. The van der Waals surface area contributed by atoms with E-state index in [9.17, 15) is 0 Å². The Bertz CT molecular complexity index is 549. The fourth-order valence-electron chi connectivity index (χ4n) is 1.66. The largest absolute Gasteiger partial charge is 0.481 e. The van der Waals surface area contributed by atoms with E-state index >= 15 is 0 Å². The molecule has 0 aliphatic heterocycles. The first-order valence-corrected chi connectivity index (χ1v) is 6.00. The Morgan fingerprint density at radius 2 is 2.11 bits per heavy atom. The Balaban J connectivity index is 1.90. The van der Waals surface area contributed by atoms with Crippen molar-refractivity contribution in [3.63, 3.8) is 0 Å². The number of hydrogen-bond acceptors (Lipinski definition) is 4. The van der Waals surface area contributed by atoms with E-state index < -0.39 is 0 Å². The van der Waals surface area contributed by atoms with Crippen LogP contribution >= 0.6 is 0 Å². The van der Waals surface area contributed by atoms with E-state index in [0.717, 1.165) is 17.0 Å². The number of terminal acetylenes is 1. The number of hydrogen-bond donors (Lipinski definition) is 1. The molecule has 1 N–H and O–H groups in total. The van der Waals surface area contributed by atoms with Crippen molar-refractivity contribution in [3.8, 4) is 18.1 Å². The zero-order valence-electron chi connectivity index (χ0n) is 10.5. The molecule has 4 heteroatoms. The predicted octanol–water partition coefficient (Wildman–Crippen LogP) is 1.78. The highest BCUT2D eigenvalue weighted by Crippen LogP contribution is 2.17. The average molecular weight is 253 g/mol. The molecule has 0 aliphatic rings. The van der Waals surface area contributed by atoms with Crippen LogP contribution in [0, 0.1) is 12.3 Å². The van der Waals surface area contributed by atoms with Crippen molar-refractivity contribution in [2.45, 2.75) is 13.1 Å². The molecule has 0 spiro atoms. The smallest absolute Gasteiger partial charge is 0.148 e. The van der Waals surface area contributed by atoms with Crippen molar-refractivity contribution < 1.29 is 4.74 Å². The van der Waals surface area contributed by atoms with Crippen LogP contribution in [0.3, 0.4) is 0 Å². The Kier molecular flexibility index (Phi) is 4.91. The van der Waals surface area contributed by atoms with Gasteiger partial charge in [-0.2, -0.15) is 0 Å². The Labute approximate surface area is 112 Å². The summed E-state index contributed by atoms with van der Waals surface area (Å²) in [4.78, 5) is 8.03. The second-order valence-corrected chi connectivity index (χ2v) is 3.90. The number of aromatic nitrogens is 2. The molecule has 1 aromatic heterocycles. The second kappa shape index (κ2) is 7.14. The van der Waals surface area contributed by atoms with Gasteiger partial charge in [-0.1, -0.05) is 24.1 Å². The third kappa shape index (κ3) is 4.09. The molecular weight excluding hydrogens is 238 g/mol. The first-order chi connectivity index (χ1) is 9.40. The topological polar surface area (TPSA) is 47.0 Å². The summed E-state index contributed by atoms with van der Waals surface area (Å²) in [5.41, 5.74) is 2.03. The molecule has 2 aromatic rings. The minimum Gasteiger partial charge on any atom is -0.481 e. The van der Waals surface area contributed by atoms with Crippen LogP contribution in [-0.2, 0) is 13.1 Å². The summed E-state index contributed by atoms with van der Waals surface area (Å²) in [7, 11) is 0. The van der Waals surface area contributed by atoms with Gasteiger partial charge in [-0.25, -0.2) is 9.97 Å². The van der Waals surface area contributed by atoms with Crippen LogP contribution in [0.5, 0.6) is 5.75 Å². The van der Waals surface area contributed by atoms with Crippen LogP contribution < -0.4 is 10.1 Å². The highest BCUT2D eigenvalue weighted by atomic mass is 16.5. The second-order valence-electron chi connectivity index (χ2n) is 3.90. The summed E-state index contributed by atoms with van der Waals surface area (Å²) in [6, 6.07) is 9.72. The zero-order valence-corrected chi connectivity index (χ0v) is 10.5. The van der Waals surface area contributed by atoms with Crippen molar-refractivity contribution in [2.75, 3.05) is 6.61 Å². The Morgan fingerprint density at radius 1 is 1.21 bits per heavy atom. The minimum absolute atomic E-state index is 0.281. The molecule has 0 saturated heterocycles. The van der Waals surface area contributed by atoms with Gasteiger partial charge >= 0.3 is 0 Å². The van der Waals surface area contributed by atoms with Gasteiger partial charge in [-0.3, -0.25) is 0 Å². The lowest BCUT2D eigenvalue weighted by Gasteiger charge is -2.10. The van der Waals surface area contributed by atoms with E-state index in [1.54, 1.807) is 12.5 Å². The molecule has 19 heavy (non-hydrogen) atoms. The van der Waals surface area contributed by atoms with E-state index in [0.29, 0.717) is 13.1 Å². The monoisotopic (exact) mass is 253 g/mol. The first-order valence-electron chi connectivity index (χ1n) is 6.00. The fourth-order valence-corrected chi connectivity index (χ4v) is 1.66. The number of nitrogens with zero attached hydrogens (tertiary/aromatic N) is 2. The fraction of sp³-hybridized carbons (Fsp3) is 0.200. The summed E-state index contributed by atoms with van der Waals surface area (Å²) in [6.45, 7) is 1.67. The third-order valence-electron chi connectivity index (χ3n) is 2.55. The molecule has 0 fully saturated rings. The predicted molar refractivity (Wildman–Crippen MR) is 73.3 cm³/mol. The molecule has 0 atom stereocenters. The molecule has 0 bridgehead atoms. The summed E-state index contributed by atoms with van der Waals surface area (Å²) in [6.07, 6.45) is 8.47. The molecule has 4 nitrogen and oxygen atoms in total. The maximum atomic E-state index is 5.49. The van der Waals surface area contributed by atoms with Crippen LogP contribution in [0.15, 0.2) is 42.9 Å². The van der Waals surface area contributed by atoms with Gasteiger partial charge in [0.1, 0.15) is 18.7 Å². The SMILES string of the molecule is C#CCOc1ccccc1CNCc1ccncn1. The molecule has 1 aromatic carbocycles. The number of nitrogens with one attached hydrogen (secondary N) is 1. The molecule has 0 aliphatic carbocycles. The highest BCUT2D eigenvalue weighted by molar-refractivity contribution is 5.33. The van der Waals surface area contributed by atoms with E-state index in [-0.39, 0.29) is 6.61 Å². The maximum Gasteiger partial charge on any atom is 0.148 e. The van der Waals surface area contributed by atoms with Crippen LogP contribution in [0.1, 0.15) is 11.3 Å². The number of ether oxygens (including phenoxy) is 1. The summed E-state index contributed by atoms with van der Waals surface area (Å²) >= 11 is 0. The van der Waals surface area contributed by atoms with Gasteiger partial charge < -0.3 is 10.1 Å². The van der Waals surface area contributed by atoms with Crippen LogP contribution in [0.4, 0.5) is 0 Å². The van der Waals surface area contributed by atoms with E-state index in [2.05, 4.69) is 21.2 Å². The van der Waals surface area contributed by atoms with Gasteiger partial charge in [0.15, 0.2) is 0 Å². The standard InChI is InChI=1S/C15H15N3O/c1-2-9-19-15-6-4-3-5-13(15)10-17-11-14-7-8-16-12-18-14/h1,3-8,12,17H,9-11H2. The Hall–Kier alpha value is -2.38. The van der Waals surface area contributed by atoms with Crippen molar-refractivity contribution in [3.05, 3.63) is 54.1 Å². The summed E-state index contributed by atoms with van der Waals surface area (Å²) in [5.74, 6) is 3.28. The lowest BCUT2D eigenvalue weighted by atomic mass is 10.2. The van der Waals surface area contributed by atoms with Crippen molar-refractivity contribution in [2.24, 2.45) is 0 Å². The molecule has 2 rings (SSSR count). The van der Waals surface area contributed by atoms with Gasteiger partial charge in [0.25, 0.3) is 0 Å². The number of para-hydroxylation sites is 1. The number of benzene rings is 1. The van der Waals surface area contributed by atoms with Crippen molar-refractivity contribution in [1.82, 2.24) is 15.3 Å². The molecule has 0 unspecified atom stereocenters. The highest BCUT2D eigenvalue weighted by Gasteiger charge is 2.02. The summed E-state index contributed by atoms with van der Waals surface area (Å²) < 4.78 is 5.49. The average Bonchev–Trinajstić information content (AvgIpc) is 2.47. The minimum atomic E-state index is 0.281. The zero-order chi connectivity index (χ0) is 13.3. The van der Waals surface area contributed by atoms with Crippen LogP contribution in [0.25, 0.3) is 0 Å². The van der Waals surface area contributed by atoms with Gasteiger partial charge in [0.05, 0.1) is 5.69 Å². The van der Waals surface area contributed by atoms with Gasteiger partial charge in [0.2, 0.25) is 0 Å². The summed E-state index contributed by atoms with van der Waals surface area (Å²) in [5, 5.41) is 3.31. The molecule has 0 saturated carbocycles. The molecule has 96 valence electrons.